The molecule has 2 aliphatic heterocycles. The third kappa shape index (κ3) is 4.79. The number of rotatable bonds is 7. The number of amides is 1. The number of hydrogen-bond acceptors (Lipinski definition) is 8. The Balaban J connectivity index is 1.55. The number of thiazole rings is 1. The van der Waals surface area contributed by atoms with E-state index < -0.39 is 17.7 Å². The molecule has 0 saturated carbocycles. The smallest absolute Gasteiger partial charge is 0.301 e. The molecule has 0 bridgehead atoms. The molecule has 6 rings (SSSR count). The second-order valence-electron chi connectivity index (χ2n) is 9.80. The molecule has 2 atom stereocenters. The Bertz CT molecular complexity index is 1730. The van der Waals surface area contributed by atoms with Gasteiger partial charge in [0, 0.05) is 17.0 Å². The van der Waals surface area contributed by atoms with Gasteiger partial charge in [-0.05, 0) is 80.4 Å². The average Bonchev–Trinajstić information content (AvgIpc) is 3.61. The van der Waals surface area contributed by atoms with Crippen molar-refractivity contribution in [1.29, 1.82) is 0 Å². The number of carbonyl (C=O) groups is 2. The number of fused-ring (bicyclic) bond motifs is 2. The molecule has 0 aliphatic carbocycles. The summed E-state index contributed by atoms with van der Waals surface area (Å²) in [4.78, 5) is 33.4. The molecule has 1 aromatic heterocycles. The molecule has 10 heteroatoms. The SMILES string of the molecule is CCOc1ccc([C@H]2C(=C(O)c3ccc4c(c3)C[C@@H](C)O4)C(=O)C(=O)N2c2nc3ccc(Cl)cc3s2)cc1OCC. The minimum atomic E-state index is -0.968. The predicted molar refractivity (Wildman–Crippen MR) is 158 cm³/mol. The Kier molecular flexibility index (Phi) is 7.09. The van der Waals surface area contributed by atoms with Crippen LogP contribution in [-0.4, -0.2) is 41.1 Å². The first-order valence-corrected chi connectivity index (χ1v) is 14.5. The first-order valence-electron chi connectivity index (χ1n) is 13.4. The quantitative estimate of drug-likeness (QED) is 0.145. The van der Waals surface area contributed by atoms with Gasteiger partial charge in [-0.15, -0.1) is 0 Å². The summed E-state index contributed by atoms with van der Waals surface area (Å²) in [6, 6.07) is 14.8. The van der Waals surface area contributed by atoms with Crippen molar-refractivity contribution in [3.63, 3.8) is 0 Å². The molecule has 210 valence electrons. The number of ketones is 1. The van der Waals surface area contributed by atoms with Crippen LogP contribution in [-0.2, 0) is 16.0 Å². The maximum Gasteiger partial charge on any atom is 0.301 e. The summed E-state index contributed by atoms with van der Waals surface area (Å²) < 4.78 is 18.2. The van der Waals surface area contributed by atoms with E-state index in [1.807, 2.05) is 26.8 Å². The molecule has 1 saturated heterocycles. The maximum absolute atomic E-state index is 13.7. The van der Waals surface area contributed by atoms with Gasteiger partial charge in [0.25, 0.3) is 5.78 Å². The summed E-state index contributed by atoms with van der Waals surface area (Å²) >= 11 is 7.45. The molecule has 1 fully saturated rings. The van der Waals surface area contributed by atoms with E-state index in [2.05, 4.69) is 4.98 Å². The number of carbonyl (C=O) groups excluding carboxylic acids is 2. The van der Waals surface area contributed by atoms with Crippen molar-refractivity contribution < 1.29 is 28.9 Å². The van der Waals surface area contributed by atoms with Crippen molar-refractivity contribution in [3.05, 3.63) is 81.9 Å². The largest absolute Gasteiger partial charge is 0.507 e. The molecule has 1 N–H and O–H groups in total. The van der Waals surface area contributed by atoms with E-state index in [9.17, 15) is 14.7 Å². The van der Waals surface area contributed by atoms with Crippen molar-refractivity contribution in [2.24, 2.45) is 0 Å². The highest BCUT2D eigenvalue weighted by atomic mass is 35.5. The molecule has 3 heterocycles. The first kappa shape index (κ1) is 27.1. The van der Waals surface area contributed by atoms with E-state index in [1.54, 1.807) is 48.5 Å². The van der Waals surface area contributed by atoms with Crippen molar-refractivity contribution >= 4 is 55.7 Å². The van der Waals surface area contributed by atoms with Gasteiger partial charge in [0.2, 0.25) is 0 Å². The molecule has 8 nitrogen and oxygen atoms in total. The van der Waals surface area contributed by atoms with Crippen LogP contribution in [0.5, 0.6) is 17.2 Å². The zero-order valence-electron chi connectivity index (χ0n) is 22.6. The van der Waals surface area contributed by atoms with Crippen molar-refractivity contribution in [2.75, 3.05) is 18.1 Å². The normalized spacial score (nSPS) is 19.5. The van der Waals surface area contributed by atoms with Gasteiger partial charge < -0.3 is 19.3 Å². The number of aliphatic hydroxyl groups excluding tert-OH is 1. The van der Waals surface area contributed by atoms with Crippen LogP contribution in [0.25, 0.3) is 16.0 Å². The molecule has 3 aromatic carbocycles. The Morgan fingerprint density at radius 2 is 1.85 bits per heavy atom. The molecule has 0 radical (unpaired) electrons. The average molecular weight is 591 g/mol. The van der Waals surface area contributed by atoms with E-state index in [4.69, 9.17) is 25.8 Å². The van der Waals surface area contributed by atoms with Crippen molar-refractivity contribution in [1.82, 2.24) is 4.98 Å². The topological polar surface area (TPSA) is 98.2 Å². The molecule has 0 spiro atoms. The predicted octanol–water partition coefficient (Wildman–Crippen LogP) is 6.70. The summed E-state index contributed by atoms with van der Waals surface area (Å²) in [5, 5.41) is 12.5. The Morgan fingerprint density at radius 3 is 2.63 bits per heavy atom. The van der Waals surface area contributed by atoms with Crippen LogP contribution in [0.2, 0.25) is 5.02 Å². The molecule has 4 aromatic rings. The van der Waals surface area contributed by atoms with E-state index in [0.717, 1.165) is 16.0 Å². The standard InChI is InChI=1S/C31H27ClN2O6S/c1-4-38-23-11-6-17(14-24(23)39-5-2)27-26(28(35)18-7-10-22-19(13-18)12-16(3)40-22)29(36)30(37)34(27)31-33-21-9-8-20(32)15-25(21)41-31/h6-11,13-16,27,35H,4-5,12H2,1-3H3/t16-,27+/m1/s1. The summed E-state index contributed by atoms with van der Waals surface area (Å²) in [7, 11) is 0. The van der Waals surface area contributed by atoms with Gasteiger partial charge in [-0.2, -0.15) is 0 Å². The summed E-state index contributed by atoms with van der Waals surface area (Å²) in [6.45, 7) is 6.53. The fraction of sp³-hybridized carbons (Fsp3) is 0.258. The Labute approximate surface area is 245 Å². The fourth-order valence-corrected chi connectivity index (χ4v) is 6.57. The molecular weight excluding hydrogens is 564 g/mol. The lowest BCUT2D eigenvalue weighted by molar-refractivity contribution is -0.132. The Hall–Kier alpha value is -4.08. The lowest BCUT2D eigenvalue weighted by Crippen LogP contribution is -2.29. The molecule has 41 heavy (non-hydrogen) atoms. The van der Waals surface area contributed by atoms with E-state index in [0.29, 0.717) is 57.9 Å². The maximum atomic E-state index is 13.7. The number of nitrogens with zero attached hydrogens (tertiary/aromatic N) is 2. The van der Waals surface area contributed by atoms with Gasteiger partial charge in [0.05, 0.1) is 35.0 Å². The van der Waals surface area contributed by atoms with Crippen LogP contribution < -0.4 is 19.1 Å². The highest BCUT2D eigenvalue weighted by Crippen LogP contribution is 2.46. The number of aromatic nitrogens is 1. The number of hydrogen-bond donors (Lipinski definition) is 1. The van der Waals surface area contributed by atoms with Gasteiger partial charge >= 0.3 is 5.91 Å². The van der Waals surface area contributed by atoms with Gasteiger partial charge in [0.15, 0.2) is 16.6 Å². The highest BCUT2D eigenvalue weighted by Gasteiger charge is 2.48. The van der Waals surface area contributed by atoms with E-state index in [-0.39, 0.29) is 17.4 Å². The van der Waals surface area contributed by atoms with Gasteiger partial charge in [-0.1, -0.05) is 29.0 Å². The summed E-state index contributed by atoms with van der Waals surface area (Å²) in [5.41, 5.74) is 2.52. The minimum Gasteiger partial charge on any atom is -0.507 e. The van der Waals surface area contributed by atoms with Crippen LogP contribution in [0.1, 0.15) is 43.5 Å². The molecule has 1 amide bonds. The van der Waals surface area contributed by atoms with Crippen molar-refractivity contribution in [2.45, 2.75) is 39.3 Å². The van der Waals surface area contributed by atoms with Gasteiger partial charge in [-0.3, -0.25) is 14.5 Å². The molecule has 2 aliphatic rings. The molecular formula is C31H27ClN2O6S. The molecule has 0 unspecified atom stereocenters. The van der Waals surface area contributed by atoms with Crippen LogP contribution in [0.15, 0.2) is 60.2 Å². The first-order chi connectivity index (χ1) is 19.8. The summed E-state index contributed by atoms with van der Waals surface area (Å²) in [6.07, 6.45) is 0.695. The number of aliphatic hydroxyl groups is 1. The van der Waals surface area contributed by atoms with Crippen LogP contribution in [0.3, 0.4) is 0 Å². The Morgan fingerprint density at radius 1 is 1.07 bits per heavy atom. The van der Waals surface area contributed by atoms with Crippen molar-refractivity contribution in [3.8, 4) is 17.2 Å². The summed E-state index contributed by atoms with van der Waals surface area (Å²) in [5.74, 6) is -0.107. The minimum absolute atomic E-state index is 0.0151. The second-order valence-corrected chi connectivity index (χ2v) is 11.3. The number of ether oxygens (including phenoxy) is 3. The van der Waals surface area contributed by atoms with Crippen LogP contribution >= 0.6 is 22.9 Å². The second kappa shape index (κ2) is 10.7. The monoisotopic (exact) mass is 590 g/mol. The number of benzene rings is 3. The van der Waals surface area contributed by atoms with Gasteiger partial charge in [0.1, 0.15) is 17.6 Å². The number of Topliss-reactive ketones (excluding diaryl/α,β-unsaturated/α-hetero) is 1. The van der Waals surface area contributed by atoms with Crippen LogP contribution in [0, 0.1) is 0 Å². The lowest BCUT2D eigenvalue weighted by Gasteiger charge is -2.24. The number of anilines is 1. The third-order valence-electron chi connectivity index (χ3n) is 7.04. The van der Waals surface area contributed by atoms with Crippen LogP contribution in [0.4, 0.5) is 5.13 Å². The highest BCUT2D eigenvalue weighted by molar-refractivity contribution is 7.22. The zero-order chi connectivity index (χ0) is 28.8. The lowest BCUT2D eigenvalue weighted by atomic mass is 9.94. The third-order valence-corrected chi connectivity index (χ3v) is 8.29. The van der Waals surface area contributed by atoms with E-state index in [1.165, 1.54) is 16.2 Å². The fourth-order valence-electron chi connectivity index (χ4n) is 5.30. The van der Waals surface area contributed by atoms with Gasteiger partial charge in [-0.25, -0.2) is 4.98 Å². The van der Waals surface area contributed by atoms with E-state index >= 15 is 0 Å². The number of halogens is 1. The zero-order valence-corrected chi connectivity index (χ0v) is 24.2.